The predicted octanol–water partition coefficient (Wildman–Crippen LogP) is 3.51. The molecule has 1 heterocycles. The van der Waals surface area contributed by atoms with E-state index in [1.165, 1.54) is 19.6 Å². The standard InChI is InChI=1S/C20H20O6/c1-22-16-6-3-14(4-7-16)13-26-18-11-15(12-19(21)23-2)5-8-17(18)20-24-9-10-25-20/h3-11,20H,12-13H2,1-2H3. The molecule has 1 aliphatic heterocycles. The largest absolute Gasteiger partial charge is 0.497 e. The normalized spacial score (nSPS) is 13.0. The highest BCUT2D eigenvalue weighted by atomic mass is 16.7. The molecule has 0 aliphatic carbocycles. The van der Waals surface area contributed by atoms with Crippen molar-refractivity contribution in [2.45, 2.75) is 19.3 Å². The zero-order valence-electron chi connectivity index (χ0n) is 14.6. The maximum absolute atomic E-state index is 11.5. The highest BCUT2D eigenvalue weighted by Crippen LogP contribution is 2.33. The lowest BCUT2D eigenvalue weighted by Crippen LogP contribution is -2.07. The zero-order valence-corrected chi connectivity index (χ0v) is 14.6. The summed E-state index contributed by atoms with van der Waals surface area (Å²) in [5.74, 6) is 1.07. The third-order valence-corrected chi connectivity index (χ3v) is 3.92. The summed E-state index contributed by atoms with van der Waals surface area (Å²) in [6.45, 7) is 0.360. The fourth-order valence-electron chi connectivity index (χ4n) is 2.52. The van der Waals surface area contributed by atoms with Gasteiger partial charge in [0, 0.05) is 0 Å². The Kier molecular flexibility index (Phi) is 5.63. The van der Waals surface area contributed by atoms with Crippen LogP contribution < -0.4 is 9.47 Å². The van der Waals surface area contributed by atoms with Gasteiger partial charge in [-0.25, -0.2) is 0 Å². The third kappa shape index (κ3) is 4.27. The number of esters is 1. The quantitative estimate of drug-likeness (QED) is 0.708. The van der Waals surface area contributed by atoms with E-state index in [0.717, 1.165) is 22.4 Å². The molecular weight excluding hydrogens is 336 g/mol. The second kappa shape index (κ2) is 8.29. The van der Waals surface area contributed by atoms with Crippen LogP contribution in [0.25, 0.3) is 0 Å². The monoisotopic (exact) mass is 356 g/mol. The van der Waals surface area contributed by atoms with Crippen LogP contribution in [0, 0.1) is 0 Å². The number of carbonyl (C=O) groups excluding carboxylic acids is 1. The van der Waals surface area contributed by atoms with Gasteiger partial charge in [0.2, 0.25) is 0 Å². The van der Waals surface area contributed by atoms with Crippen LogP contribution in [0.1, 0.15) is 23.0 Å². The van der Waals surface area contributed by atoms with Gasteiger partial charge in [0.05, 0.1) is 26.2 Å². The number of benzene rings is 2. The molecule has 6 heteroatoms. The second-order valence-electron chi connectivity index (χ2n) is 5.64. The summed E-state index contributed by atoms with van der Waals surface area (Å²) in [4.78, 5) is 11.5. The summed E-state index contributed by atoms with van der Waals surface area (Å²) in [7, 11) is 2.99. The second-order valence-corrected chi connectivity index (χ2v) is 5.64. The Labute approximate surface area is 151 Å². The van der Waals surface area contributed by atoms with Gasteiger partial charge in [-0.1, -0.05) is 18.2 Å². The van der Waals surface area contributed by atoms with Crippen LogP contribution in [0.2, 0.25) is 0 Å². The molecule has 0 saturated heterocycles. The Balaban J connectivity index is 1.78. The molecule has 1 aliphatic rings. The molecule has 0 N–H and O–H groups in total. The van der Waals surface area contributed by atoms with Gasteiger partial charge in [-0.15, -0.1) is 0 Å². The summed E-state index contributed by atoms with van der Waals surface area (Å²) in [6, 6.07) is 13.1. The minimum Gasteiger partial charge on any atom is -0.497 e. The first-order valence-corrected chi connectivity index (χ1v) is 8.11. The van der Waals surface area contributed by atoms with E-state index in [4.69, 9.17) is 23.7 Å². The summed E-state index contributed by atoms with van der Waals surface area (Å²) < 4.78 is 26.7. The number of hydrogen-bond acceptors (Lipinski definition) is 6. The van der Waals surface area contributed by atoms with E-state index in [0.29, 0.717) is 12.4 Å². The summed E-state index contributed by atoms with van der Waals surface area (Å²) in [5, 5.41) is 0. The smallest absolute Gasteiger partial charge is 0.309 e. The Morgan fingerprint density at radius 2 is 1.69 bits per heavy atom. The number of hydrogen-bond donors (Lipinski definition) is 0. The molecule has 0 fully saturated rings. The van der Waals surface area contributed by atoms with Gasteiger partial charge in [-0.2, -0.15) is 0 Å². The van der Waals surface area contributed by atoms with Crippen LogP contribution >= 0.6 is 0 Å². The minimum absolute atomic E-state index is 0.167. The highest BCUT2D eigenvalue weighted by molar-refractivity contribution is 5.72. The van der Waals surface area contributed by atoms with Crippen LogP contribution in [0.4, 0.5) is 0 Å². The fourth-order valence-corrected chi connectivity index (χ4v) is 2.52. The van der Waals surface area contributed by atoms with Crippen LogP contribution in [-0.4, -0.2) is 20.2 Å². The van der Waals surface area contributed by atoms with Crippen molar-refractivity contribution in [1.29, 1.82) is 0 Å². The first-order chi connectivity index (χ1) is 12.7. The SMILES string of the molecule is COC(=O)Cc1ccc(C2OC=CO2)c(OCc2ccc(OC)cc2)c1. The molecule has 0 radical (unpaired) electrons. The van der Waals surface area contributed by atoms with E-state index in [2.05, 4.69) is 0 Å². The maximum atomic E-state index is 11.5. The molecule has 0 saturated carbocycles. The van der Waals surface area contributed by atoms with Crippen molar-refractivity contribution in [3.63, 3.8) is 0 Å². The Bertz CT molecular complexity index is 773. The molecule has 2 aromatic rings. The molecule has 26 heavy (non-hydrogen) atoms. The van der Waals surface area contributed by atoms with Gasteiger partial charge in [0.1, 0.15) is 30.6 Å². The van der Waals surface area contributed by atoms with Gasteiger partial charge in [0.15, 0.2) is 0 Å². The molecule has 3 rings (SSSR count). The van der Waals surface area contributed by atoms with E-state index in [-0.39, 0.29) is 12.4 Å². The van der Waals surface area contributed by atoms with Gasteiger partial charge < -0.3 is 23.7 Å². The average molecular weight is 356 g/mol. The predicted molar refractivity (Wildman–Crippen MR) is 93.5 cm³/mol. The van der Waals surface area contributed by atoms with Crippen molar-refractivity contribution in [3.05, 3.63) is 71.7 Å². The van der Waals surface area contributed by atoms with E-state index >= 15 is 0 Å². The lowest BCUT2D eigenvalue weighted by atomic mass is 10.1. The lowest BCUT2D eigenvalue weighted by molar-refractivity contribution is -0.139. The minimum atomic E-state index is -0.562. The van der Waals surface area contributed by atoms with E-state index in [9.17, 15) is 4.79 Å². The van der Waals surface area contributed by atoms with Crippen molar-refractivity contribution >= 4 is 5.97 Å². The molecule has 0 bridgehead atoms. The Hall–Kier alpha value is -3.15. The third-order valence-electron chi connectivity index (χ3n) is 3.92. The summed E-state index contributed by atoms with van der Waals surface area (Å²) in [6.07, 6.45) is 2.58. The van der Waals surface area contributed by atoms with Crippen molar-refractivity contribution in [3.8, 4) is 11.5 Å². The number of rotatable bonds is 7. The number of carbonyl (C=O) groups is 1. The number of methoxy groups -OCH3 is 2. The Morgan fingerprint density at radius 1 is 1.00 bits per heavy atom. The fraction of sp³-hybridized carbons (Fsp3) is 0.250. The zero-order chi connectivity index (χ0) is 18.4. The highest BCUT2D eigenvalue weighted by Gasteiger charge is 2.21. The maximum Gasteiger partial charge on any atom is 0.309 e. The van der Waals surface area contributed by atoms with Crippen molar-refractivity contribution in [2.75, 3.05) is 14.2 Å². The molecule has 136 valence electrons. The van der Waals surface area contributed by atoms with Crippen LogP contribution in [0.15, 0.2) is 55.0 Å². The Morgan fingerprint density at radius 3 is 2.35 bits per heavy atom. The van der Waals surface area contributed by atoms with Crippen LogP contribution in [0.3, 0.4) is 0 Å². The summed E-state index contributed by atoms with van der Waals surface area (Å²) in [5.41, 5.74) is 2.52. The van der Waals surface area contributed by atoms with E-state index in [1.807, 2.05) is 36.4 Å². The van der Waals surface area contributed by atoms with Crippen LogP contribution in [-0.2, 0) is 32.0 Å². The van der Waals surface area contributed by atoms with Gasteiger partial charge in [-0.05, 0) is 35.4 Å². The molecule has 0 unspecified atom stereocenters. The van der Waals surface area contributed by atoms with Crippen molar-refractivity contribution in [1.82, 2.24) is 0 Å². The molecule has 0 atom stereocenters. The molecule has 0 amide bonds. The first kappa shape index (κ1) is 17.7. The molecule has 6 nitrogen and oxygen atoms in total. The number of ether oxygens (including phenoxy) is 5. The van der Waals surface area contributed by atoms with Crippen molar-refractivity contribution < 1.29 is 28.5 Å². The molecule has 2 aromatic carbocycles. The molecule has 0 aromatic heterocycles. The van der Waals surface area contributed by atoms with E-state index in [1.54, 1.807) is 13.2 Å². The average Bonchev–Trinajstić information content (AvgIpc) is 3.21. The topological polar surface area (TPSA) is 63.2 Å². The summed E-state index contributed by atoms with van der Waals surface area (Å²) >= 11 is 0. The van der Waals surface area contributed by atoms with Gasteiger partial charge in [-0.3, -0.25) is 4.79 Å². The first-order valence-electron chi connectivity index (χ1n) is 8.11. The van der Waals surface area contributed by atoms with Crippen LogP contribution in [0.5, 0.6) is 11.5 Å². The molecular formula is C20H20O6. The van der Waals surface area contributed by atoms with Gasteiger partial charge >= 0.3 is 5.97 Å². The molecule has 0 spiro atoms. The van der Waals surface area contributed by atoms with Gasteiger partial charge in [0.25, 0.3) is 6.29 Å². The van der Waals surface area contributed by atoms with Crippen molar-refractivity contribution in [2.24, 2.45) is 0 Å². The van der Waals surface area contributed by atoms with E-state index < -0.39 is 6.29 Å². The lowest BCUT2D eigenvalue weighted by Gasteiger charge is -2.17.